The lowest BCUT2D eigenvalue weighted by Crippen LogP contribution is -2.13. The van der Waals surface area contributed by atoms with Gasteiger partial charge in [-0.25, -0.2) is 8.42 Å². The Morgan fingerprint density at radius 1 is 1.14 bits per heavy atom. The molecule has 0 unspecified atom stereocenters. The van der Waals surface area contributed by atoms with E-state index < -0.39 is 16.6 Å². The summed E-state index contributed by atoms with van der Waals surface area (Å²) >= 11 is 3.30. The summed E-state index contributed by atoms with van der Waals surface area (Å²) in [6, 6.07) is 9.85. The first kappa shape index (κ1) is 16.7. The Kier molecular flexibility index (Phi) is 5.02. The maximum atomic E-state index is 12.3. The monoisotopic (exact) mass is 391 g/mol. The second-order valence-corrected chi connectivity index (χ2v) is 6.96. The van der Waals surface area contributed by atoms with Crippen molar-refractivity contribution in [2.24, 2.45) is 0 Å². The predicted octanol–water partition coefficient (Wildman–Crippen LogP) is 4.16. The van der Waals surface area contributed by atoms with E-state index in [1.54, 1.807) is 13.0 Å². The molecular weight excluding hydrogens is 380 g/mol. The molecule has 2 aromatic rings. The molecule has 22 heavy (non-hydrogen) atoms. The average Bonchev–Trinajstić information content (AvgIpc) is 2.43. The van der Waals surface area contributed by atoms with Gasteiger partial charge in [-0.2, -0.15) is 8.78 Å². The van der Waals surface area contributed by atoms with Crippen LogP contribution < -0.4 is 9.46 Å². The molecule has 0 aromatic heterocycles. The number of aryl methyl sites for hydroxylation is 1. The highest BCUT2D eigenvalue weighted by molar-refractivity contribution is 9.10. The van der Waals surface area contributed by atoms with E-state index in [2.05, 4.69) is 25.4 Å². The molecule has 0 aliphatic rings. The van der Waals surface area contributed by atoms with Gasteiger partial charge in [0.1, 0.15) is 5.75 Å². The molecule has 0 radical (unpaired) electrons. The van der Waals surface area contributed by atoms with Crippen molar-refractivity contribution >= 4 is 31.6 Å². The van der Waals surface area contributed by atoms with Gasteiger partial charge in [0, 0.05) is 10.2 Å². The highest BCUT2D eigenvalue weighted by Gasteiger charge is 2.15. The van der Waals surface area contributed by atoms with Crippen molar-refractivity contribution in [1.29, 1.82) is 0 Å². The van der Waals surface area contributed by atoms with Crippen molar-refractivity contribution < 1.29 is 21.9 Å². The zero-order valence-electron chi connectivity index (χ0n) is 11.4. The molecule has 118 valence electrons. The van der Waals surface area contributed by atoms with E-state index in [9.17, 15) is 17.2 Å². The summed E-state index contributed by atoms with van der Waals surface area (Å²) in [5.74, 6) is -0.0440. The van der Waals surface area contributed by atoms with Gasteiger partial charge < -0.3 is 4.74 Å². The zero-order valence-corrected chi connectivity index (χ0v) is 13.8. The number of ether oxygens (including phenoxy) is 1. The van der Waals surface area contributed by atoms with Gasteiger partial charge >= 0.3 is 6.61 Å². The molecule has 0 saturated heterocycles. The minimum Gasteiger partial charge on any atom is -0.435 e. The molecular formula is C14H12BrF2NO3S. The molecule has 0 bridgehead atoms. The molecule has 8 heteroatoms. The van der Waals surface area contributed by atoms with E-state index in [0.717, 1.165) is 10.0 Å². The first-order valence-corrected chi connectivity index (χ1v) is 8.39. The van der Waals surface area contributed by atoms with Crippen LogP contribution in [0.4, 0.5) is 14.5 Å². The SMILES string of the molecule is Cc1cc(S(=O)(=O)Nc2ccc(OC(F)F)cc2)ccc1Br. The molecule has 1 N–H and O–H groups in total. The quantitative estimate of drug-likeness (QED) is 0.832. The van der Waals surface area contributed by atoms with Crippen LogP contribution in [0, 0.1) is 6.92 Å². The summed E-state index contributed by atoms with van der Waals surface area (Å²) in [6.07, 6.45) is 0. The summed E-state index contributed by atoms with van der Waals surface area (Å²) in [6.45, 7) is -1.15. The van der Waals surface area contributed by atoms with E-state index in [1.165, 1.54) is 36.4 Å². The number of rotatable bonds is 5. The van der Waals surface area contributed by atoms with Crippen LogP contribution in [0.3, 0.4) is 0 Å². The normalized spacial score (nSPS) is 11.5. The van der Waals surface area contributed by atoms with Gasteiger partial charge in [-0.1, -0.05) is 15.9 Å². The lowest BCUT2D eigenvalue weighted by molar-refractivity contribution is -0.0498. The van der Waals surface area contributed by atoms with E-state index in [0.29, 0.717) is 0 Å². The van der Waals surface area contributed by atoms with Gasteiger partial charge in [-0.3, -0.25) is 4.72 Å². The Balaban J connectivity index is 2.19. The second kappa shape index (κ2) is 6.62. The van der Waals surface area contributed by atoms with Gasteiger partial charge in [0.2, 0.25) is 0 Å². The first-order valence-electron chi connectivity index (χ1n) is 6.12. The number of benzene rings is 2. The van der Waals surface area contributed by atoms with Crippen molar-refractivity contribution in [1.82, 2.24) is 0 Å². The summed E-state index contributed by atoms with van der Waals surface area (Å²) in [4.78, 5) is 0.112. The minimum absolute atomic E-state index is 0.0440. The van der Waals surface area contributed by atoms with Crippen LogP contribution in [0.15, 0.2) is 51.8 Å². The van der Waals surface area contributed by atoms with Gasteiger partial charge in [0.25, 0.3) is 10.0 Å². The van der Waals surface area contributed by atoms with E-state index in [1.807, 2.05) is 0 Å². The summed E-state index contributed by atoms with van der Waals surface area (Å²) in [5.41, 5.74) is 1.03. The van der Waals surface area contributed by atoms with Crippen LogP contribution in [0.5, 0.6) is 5.75 Å². The minimum atomic E-state index is -3.75. The van der Waals surface area contributed by atoms with Crippen molar-refractivity contribution in [3.05, 3.63) is 52.5 Å². The highest BCUT2D eigenvalue weighted by Crippen LogP contribution is 2.23. The molecule has 4 nitrogen and oxygen atoms in total. The number of halogens is 3. The lowest BCUT2D eigenvalue weighted by Gasteiger charge is -2.10. The highest BCUT2D eigenvalue weighted by atomic mass is 79.9. The molecule has 0 aliphatic carbocycles. The summed E-state index contributed by atoms with van der Waals surface area (Å²) in [7, 11) is -3.75. The first-order chi connectivity index (χ1) is 10.3. The molecule has 2 aromatic carbocycles. The van der Waals surface area contributed by atoms with Crippen LogP contribution in [0.25, 0.3) is 0 Å². The molecule has 0 amide bonds. The second-order valence-electron chi connectivity index (χ2n) is 4.42. The Morgan fingerprint density at radius 3 is 2.32 bits per heavy atom. The van der Waals surface area contributed by atoms with Crippen molar-refractivity contribution in [2.75, 3.05) is 4.72 Å². The number of hydrogen-bond donors (Lipinski definition) is 1. The summed E-state index contributed by atoms with van der Waals surface area (Å²) in [5, 5.41) is 0. The Hall–Kier alpha value is -1.67. The molecule has 0 saturated carbocycles. The van der Waals surface area contributed by atoms with Gasteiger partial charge in [0.15, 0.2) is 0 Å². The number of hydrogen-bond acceptors (Lipinski definition) is 3. The lowest BCUT2D eigenvalue weighted by atomic mass is 10.2. The van der Waals surface area contributed by atoms with Crippen LogP contribution in [-0.2, 0) is 10.0 Å². The fourth-order valence-corrected chi connectivity index (χ4v) is 3.09. The Morgan fingerprint density at radius 2 is 1.77 bits per heavy atom. The molecule has 0 spiro atoms. The maximum Gasteiger partial charge on any atom is 0.387 e. The molecule has 0 fully saturated rings. The number of anilines is 1. The van der Waals surface area contributed by atoms with Crippen molar-refractivity contribution in [2.45, 2.75) is 18.4 Å². The molecule has 0 heterocycles. The van der Waals surface area contributed by atoms with Crippen molar-refractivity contribution in [3.8, 4) is 5.75 Å². The van der Waals surface area contributed by atoms with Gasteiger partial charge in [0.05, 0.1) is 4.90 Å². The van der Waals surface area contributed by atoms with E-state index in [-0.39, 0.29) is 16.3 Å². The van der Waals surface area contributed by atoms with Gasteiger partial charge in [-0.15, -0.1) is 0 Å². The molecule has 0 aliphatic heterocycles. The number of nitrogens with one attached hydrogen (secondary N) is 1. The Bertz CT molecular complexity index is 764. The van der Waals surface area contributed by atoms with Crippen LogP contribution in [-0.4, -0.2) is 15.0 Å². The maximum absolute atomic E-state index is 12.3. The molecule has 0 atom stereocenters. The third-order valence-electron chi connectivity index (χ3n) is 2.77. The third-order valence-corrected chi connectivity index (χ3v) is 5.04. The van der Waals surface area contributed by atoms with Crippen molar-refractivity contribution in [3.63, 3.8) is 0 Å². The Labute approximate surface area is 135 Å². The largest absolute Gasteiger partial charge is 0.435 e. The molecule has 2 rings (SSSR count). The number of sulfonamides is 1. The van der Waals surface area contributed by atoms with Crippen LogP contribution in [0.2, 0.25) is 0 Å². The zero-order chi connectivity index (χ0) is 16.3. The smallest absolute Gasteiger partial charge is 0.387 e. The summed E-state index contributed by atoms with van der Waals surface area (Å²) < 4.78 is 56.0. The number of alkyl halides is 2. The van der Waals surface area contributed by atoms with Crippen LogP contribution in [0.1, 0.15) is 5.56 Å². The third kappa shape index (κ3) is 4.17. The van der Waals surface area contributed by atoms with E-state index in [4.69, 9.17) is 0 Å². The van der Waals surface area contributed by atoms with Crippen LogP contribution >= 0.6 is 15.9 Å². The average molecular weight is 392 g/mol. The predicted molar refractivity (Wildman–Crippen MR) is 82.8 cm³/mol. The fraction of sp³-hybridized carbons (Fsp3) is 0.143. The van der Waals surface area contributed by atoms with E-state index >= 15 is 0 Å². The standard InChI is InChI=1S/C14H12BrF2NO3S/c1-9-8-12(6-7-13(9)15)22(19,20)18-10-2-4-11(5-3-10)21-14(16)17/h2-8,14,18H,1H3. The fourth-order valence-electron chi connectivity index (χ4n) is 1.70. The van der Waals surface area contributed by atoms with Gasteiger partial charge in [-0.05, 0) is 55.0 Å². The topological polar surface area (TPSA) is 55.4 Å².